The maximum absolute atomic E-state index is 12.9. The minimum Gasteiger partial charge on any atom is -0.452 e. The van der Waals surface area contributed by atoms with Crippen molar-refractivity contribution >= 4 is 62.6 Å². The van der Waals surface area contributed by atoms with Crippen molar-refractivity contribution < 1.29 is 23.9 Å². The monoisotopic (exact) mass is 542 g/mol. The van der Waals surface area contributed by atoms with Gasteiger partial charge in [0.25, 0.3) is 5.91 Å². The molecule has 1 saturated heterocycles. The molecule has 1 aliphatic heterocycles. The van der Waals surface area contributed by atoms with E-state index in [1.807, 2.05) is 12.2 Å². The van der Waals surface area contributed by atoms with Crippen LogP contribution < -0.4 is 10.2 Å². The summed E-state index contributed by atoms with van der Waals surface area (Å²) in [5, 5.41) is 3.15. The average molecular weight is 544 g/mol. The average Bonchev–Trinajstić information content (AvgIpc) is 3.51. The first kappa shape index (κ1) is 22.8. The topological polar surface area (TPSA) is 92.8 Å². The van der Waals surface area contributed by atoms with E-state index in [1.165, 1.54) is 17.0 Å². The second-order valence-corrected chi connectivity index (χ2v) is 9.95. The van der Waals surface area contributed by atoms with Gasteiger partial charge in [0.05, 0.1) is 28.1 Å². The van der Waals surface area contributed by atoms with Crippen LogP contribution >= 0.6 is 27.5 Å². The highest BCUT2D eigenvalue weighted by Gasteiger charge is 2.59. The number of carbonyl (C=O) groups excluding carboxylic acids is 4. The number of ether oxygens (including phenoxy) is 1. The Morgan fingerprint density at radius 1 is 1.06 bits per heavy atom. The van der Waals surface area contributed by atoms with Gasteiger partial charge in [-0.05, 0) is 83.1 Å². The first-order chi connectivity index (χ1) is 16.3. The smallest absolute Gasteiger partial charge is 0.338 e. The minimum atomic E-state index is -0.689. The number of hydrogen-bond acceptors (Lipinski definition) is 5. The van der Waals surface area contributed by atoms with Crippen LogP contribution in [0.4, 0.5) is 11.4 Å². The fraction of sp³-hybridized carbons (Fsp3) is 0.280. The highest BCUT2D eigenvalue weighted by Crippen LogP contribution is 2.53. The summed E-state index contributed by atoms with van der Waals surface area (Å²) in [6.07, 6.45) is 4.96. The Morgan fingerprint density at radius 2 is 1.68 bits per heavy atom. The number of rotatable bonds is 5. The maximum atomic E-state index is 12.9. The summed E-state index contributed by atoms with van der Waals surface area (Å²) in [5.41, 5.74) is 1.85. The van der Waals surface area contributed by atoms with E-state index < -0.39 is 18.5 Å². The van der Waals surface area contributed by atoms with Gasteiger partial charge in [0.2, 0.25) is 11.8 Å². The van der Waals surface area contributed by atoms with Crippen LogP contribution in [0.15, 0.2) is 53.0 Å². The van der Waals surface area contributed by atoms with E-state index in [1.54, 1.807) is 31.2 Å². The van der Waals surface area contributed by atoms with E-state index in [-0.39, 0.29) is 41.0 Å². The van der Waals surface area contributed by atoms with Crippen LogP contribution in [0, 0.1) is 30.6 Å². The predicted octanol–water partition coefficient (Wildman–Crippen LogP) is 4.52. The summed E-state index contributed by atoms with van der Waals surface area (Å²) < 4.78 is 5.82. The highest BCUT2D eigenvalue weighted by atomic mass is 79.9. The number of allylic oxidation sites excluding steroid dienone is 2. The summed E-state index contributed by atoms with van der Waals surface area (Å²) in [5.74, 6) is -1.85. The lowest BCUT2D eigenvalue weighted by Crippen LogP contribution is -2.32. The number of esters is 1. The van der Waals surface area contributed by atoms with E-state index in [0.29, 0.717) is 26.4 Å². The molecule has 0 aromatic heterocycles. The molecule has 2 bridgehead atoms. The molecule has 1 saturated carbocycles. The van der Waals surface area contributed by atoms with E-state index >= 15 is 0 Å². The van der Waals surface area contributed by atoms with Crippen molar-refractivity contribution in [1.82, 2.24) is 0 Å². The molecule has 0 unspecified atom stereocenters. The molecular formula is C25H20BrClN2O5. The predicted molar refractivity (Wildman–Crippen MR) is 129 cm³/mol. The number of benzene rings is 2. The van der Waals surface area contributed by atoms with Gasteiger partial charge in [-0.1, -0.05) is 23.8 Å². The fourth-order valence-electron chi connectivity index (χ4n) is 5.09. The third-order valence-electron chi connectivity index (χ3n) is 6.78. The largest absolute Gasteiger partial charge is 0.452 e. The lowest BCUT2D eigenvalue weighted by atomic mass is 9.85. The molecule has 4 atom stereocenters. The Labute approximate surface area is 209 Å². The number of carbonyl (C=O) groups is 4. The van der Waals surface area contributed by atoms with Crippen LogP contribution in [0.25, 0.3) is 0 Å². The molecule has 2 aromatic rings. The van der Waals surface area contributed by atoms with Gasteiger partial charge < -0.3 is 10.1 Å². The van der Waals surface area contributed by atoms with Crippen LogP contribution in [-0.4, -0.2) is 30.3 Å². The second kappa shape index (κ2) is 8.67. The number of imide groups is 1. The summed E-state index contributed by atoms with van der Waals surface area (Å²) >= 11 is 9.48. The lowest BCUT2D eigenvalue weighted by molar-refractivity contribution is -0.123. The molecule has 2 aromatic carbocycles. The quantitative estimate of drug-likeness (QED) is 0.340. The van der Waals surface area contributed by atoms with Crippen molar-refractivity contribution in [3.05, 3.63) is 69.2 Å². The number of nitrogens with zero attached hydrogens (tertiary/aromatic N) is 1. The molecule has 1 N–H and O–H groups in total. The molecule has 34 heavy (non-hydrogen) atoms. The first-order valence-corrected chi connectivity index (χ1v) is 12.0. The molecule has 5 rings (SSSR count). The number of hydrogen-bond donors (Lipinski definition) is 1. The van der Waals surface area contributed by atoms with Crippen LogP contribution in [0.3, 0.4) is 0 Å². The highest BCUT2D eigenvalue weighted by molar-refractivity contribution is 9.10. The summed E-state index contributed by atoms with van der Waals surface area (Å²) in [4.78, 5) is 51.7. The molecule has 2 aliphatic carbocycles. The van der Waals surface area contributed by atoms with Crippen molar-refractivity contribution in [3.63, 3.8) is 0 Å². The Balaban J connectivity index is 1.20. The Kier molecular flexibility index (Phi) is 5.81. The minimum absolute atomic E-state index is 0.133. The third-order valence-corrected chi connectivity index (χ3v) is 8.16. The Bertz CT molecular complexity index is 1230. The first-order valence-electron chi connectivity index (χ1n) is 10.8. The fourth-order valence-corrected chi connectivity index (χ4v) is 5.69. The standard InChI is InChI=1S/C25H20BrClN2O5/c1-12-18(9-8-17(26)22(12)27)28-19(30)11-34-25(33)13-4-6-16(7-5-13)29-23(31)20-14-2-3-15(10-14)21(20)24(29)32/h2-9,14-15,20-21H,10-11H2,1H3,(H,28,30)/t14-,15-,20+,21+/m0/s1. The molecule has 2 fully saturated rings. The normalized spacial score (nSPS) is 24.5. The van der Waals surface area contributed by atoms with E-state index in [4.69, 9.17) is 16.3 Å². The van der Waals surface area contributed by atoms with Crippen LogP contribution in [0.5, 0.6) is 0 Å². The molecule has 3 aliphatic rings. The van der Waals surface area contributed by atoms with Crippen molar-refractivity contribution in [2.24, 2.45) is 23.7 Å². The van der Waals surface area contributed by atoms with E-state index in [0.717, 1.165) is 6.42 Å². The number of nitrogens with one attached hydrogen (secondary N) is 1. The zero-order valence-electron chi connectivity index (χ0n) is 18.1. The zero-order valence-corrected chi connectivity index (χ0v) is 20.4. The maximum Gasteiger partial charge on any atom is 0.338 e. The Hall–Kier alpha value is -2.97. The molecule has 0 spiro atoms. The van der Waals surface area contributed by atoms with Gasteiger partial charge in [-0.25, -0.2) is 4.79 Å². The second-order valence-electron chi connectivity index (χ2n) is 8.72. The molecule has 3 amide bonds. The number of fused-ring (bicyclic) bond motifs is 5. The van der Waals surface area contributed by atoms with Gasteiger partial charge in [0.15, 0.2) is 6.61 Å². The van der Waals surface area contributed by atoms with Gasteiger partial charge in [0, 0.05) is 10.2 Å². The van der Waals surface area contributed by atoms with Crippen LogP contribution in [0.2, 0.25) is 5.02 Å². The van der Waals surface area contributed by atoms with Gasteiger partial charge in [-0.2, -0.15) is 0 Å². The van der Waals surface area contributed by atoms with Crippen molar-refractivity contribution in [2.45, 2.75) is 13.3 Å². The molecule has 7 nitrogen and oxygen atoms in total. The van der Waals surface area contributed by atoms with Gasteiger partial charge in [-0.3, -0.25) is 19.3 Å². The summed E-state index contributed by atoms with van der Waals surface area (Å²) in [6, 6.07) is 9.47. The summed E-state index contributed by atoms with van der Waals surface area (Å²) in [7, 11) is 0. The SMILES string of the molecule is Cc1c(NC(=O)COC(=O)c2ccc(N3C(=O)[C@H]4[C@H](C3=O)[C@H]3C=C[C@H]4C3)cc2)ccc(Br)c1Cl. The molecule has 9 heteroatoms. The third kappa shape index (κ3) is 3.75. The number of halogens is 2. The van der Waals surface area contributed by atoms with E-state index in [9.17, 15) is 19.2 Å². The van der Waals surface area contributed by atoms with Gasteiger partial charge in [0.1, 0.15) is 0 Å². The molecule has 1 heterocycles. The number of anilines is 2. The zero-order chi connectivity index (χ0) is 24.1. The molecular weight excluding hydrogens is 524 g/mol. The van der Waals surface area contributed by atoms with Crippen molar-refractivity contribution in [2.75, 3.05) is 16.8 Å². The lowest BCUT2D eigenvalue weighted by Gasteiger charge is -2.17. The molecule has 174 valence electrons. The summed E-state index contributed by atoms with van der Waals surface area (Å²) in [6.45, 7) is 1.29. The van der Waals surface area contributed by atoms with Gasteiger partial charge in [-0.15, -0.1) is 0 Å². The van der Waals surface area contributed by atoms with Crippen molar-refractivity contribution in [1.29, 1.82) is 0 Å². The van der Waals surface area contributed by atoms with Crippen LogP contribution in [0.1, 0.15) is 22.3 Å². The van der Waals surface area contributed by atoms with E-state index in [2.05, 4.69) is 21.2 Å². The van der Waals surface area contributed by atoms with Gasteiger partial charge >= 0.3 is 5.97 Å². The molecule has 0 radical (unpaired) electrons. The van der Waals surface area contributed by atoms with Crippen molar-refractivity contribution in [3.8, 4) is 0 Å². The Morgan fingerprint density at radius 3 is 2.29 bits per heavy atom. The number of amides is 3. The van der Waals surface area contributed by atoms with Crippen LogP contribution in [-0.2, 0) is 19.1 Å².